The Kier molecular flexibility index (Phi) is 3.57. The molecule has 0 aliphatic heterocycles. The molecule has 0 aromatic rings. The number of hydrogen-bond donors (Lipinski definition) is 2. The zero-order chi connectivity index (χ0) is 8.36. The average Bonchev–Trinajstić information content (AvgIpc) is 1.60. The molecule has 0 aliphatic rings. The average molecular weight is 166 g/mol. The van der Waals surface area contributed by atoms with E-state index in [1.807, 2.05) is 20.8 Å². The Morgan fingerprint density at radius 1 is 1.30 bits per heavy atom. The molecule has 10 heavy (non-hydrogen) atoms. The molecule has 0 aromatic heterocycles. The molecule has 0 radical (unpaired) electrons. The fourth-order valence-electron chi connectivity index (χ4n) is 0.586. The lowest BCUT2D eigenvalue weighted by Crippen LogP contribution is -2.09. The quantitative estimate of drug-likeness (QED) is 0.624. The van der Waals surface area contributed by atoms with Crippen molar-refractivity contribution in [3.05, 3.63) is 0 Å². The molecule has 0 bridgehead atoms. The minimum Gasteiger partial charge on any atom is -0.324 e. The highest BCUT2D eigenvalue weighted by molar-refractivity contribution is 7.51. The van der Waals surface area contributed by atoms with E-state index in [1.54, 1.807) is 0 Å². The summed E-state index contributed by atoms with van der Waals surface area (Å²) >= 11 is 0. The van der Waals surface area contributed by atoms with E-state index in [0.29, 0.717) is 5.92 Å². The predicted octanol–water partition coefficient (Wildman–Crippen LogP) is 1.46. The smallest absolute Gasteiger partial charge is 0.324 e. The standard InChI is InChI=1S/C6H15O3P/c1-5(2)6(3)4-10(7,8)9/h5-6H,4H2,1-3H3,(H2,7,8,9). The molecule has 0 rings (SSSR count). The van der Waals surface area contributed by atoms with Gasteiger partial charge in [-0.05, 0) is 11.8 Å². The van der Waals surface area contributed by atoms with Crippen LogP contribution >= 0.6 is 7.60 Å². The fourth-order valence-corrected chi connectivity index (χ4v) is 1.76. The molecule has 3 nitrogen and oxygen atoms in total. The van der Waals surface area contributed by atoms with Crippen molar-refractivity contribution in [2.75, 3.05) is 6.16 Å². The summed E-state index contributed by atoms with van der Waals surface area (Å²) in [7, 11) is -3.78. The Balaban J connectivity index is 3.80. The van der Waals surface area contributed by atoms with Crippen molar-refractivity contribution >= 4 is 7.60 Å². The topological polar surface area (TPSA) is 57.5 Å². The molecule has 0 heterocycles. The summed E-state index contributed by atoms with van der Waals surface area (Å²) in [6, 6.07) is 0. The maximum Gasteiger partial charge on any atom is 0.325 e. The lowest BCUT2D eigenvalue weighted by atomic mass is 10.0. The zero-order valence-electron chi connectivity index (χ0n) is 6.61. The van der Waals surface area contributed by atoms with Gasteiger partial charge in [-0.1, -0.05) is 20.8 Å². The third-order valence-corrected chi connectivity index (χ3v) is 2.72. The summed E-state index contributed by atoms with van der Waals surface area (Å²) < 4.78 is 10.4. The van der Waals surface area contributed by atoms with Crippen LogP contribution in [-0.2, 0) is 4.57 Å². The highest BCUT2D eigenvalue weighted by Gasteiger charge is 2.19. The van der Waals surface area contributed by atoms with Crippen LogP contribution in [0.5, 0.6) is 0 Å². The molecule has 0 saturated heterocycles. The van der Waals surface area contributed by atoms with Gasteiger partial charge < -0.3 is 9.79 Å². The van der Waals surface area contributed by atoms with E-state index < -0.39 is 7.60 Å². The van der Waals surface area contributed by atoms with Crippen LogP contribution in [0.15, 0.2) is 0 Å². The third-order valence-electron chi connectivity index (χ3n) is 1.66. The van der Waals surface area contributed by atoms with Gasteiger partial charge in [0.15, 0.2) is 0 Å². The summed E-state index contributed by atoms with van der Waals surface area (Å²) in [4.78, 5) is 17.1. The van der Waals surface area contributed by atoms with Crippen LogP contribution in [0.4, 0.5) is 0 Å². The summed E-state index contributed by atoms with van der Waals surface area (Å²) in [6.07, 6.45) is 0.00463. The van der Waals surface area contributed by atoms with Crippen molar-refractivity contribution in [2.45, 2.75) is 20.8 Å². The normalized spacial score (nSPS) is 15.8. The van der Waals surface area contributed by atoms with Crippen molar-refractivity contribution < 1.29 is 14.4 Å². The van der Waals surface area contributed by atoms with Crippen LogP contribution in [0.1, 0.15) is 20.8 Å². The Bertz CT molecular complexity index is 138. The lowest BCUT2D eigenvalue weighted by Gasteiger charge is -2.15. The molecule has 0 aliphatic carbocycles. The molecular weight excluding hydrogens is 151 g/mol. The first-order valence-electron chi connectivity index (χ1n) is 3.37. The first-order valence-corrected chi connectivity index (χ1v) is 5.17. The largest absolute Gasteiger partial charge is 0.325 e. The Hall–Kier alpha value is 0.150. The molecule has 1 atom stereocenters. The summed E-state index contributed by atoms with van der Waals surface area (Å²) in [6.45, 7) is 5.77. The van der Waals surface area contributed by atoms with Crippen LogP contribution in [0.2, 0.25) is 0 Å². The number of rotatable bonds is 3. The van der Waals surface area contributed by atoms with Gasteiger partial charge >= 0.3 is 7.60 Å². The van der Waals surface area contributed by atoms with Crippen LogP contribution in [0.25, 0.3) is 0 Å². The Morgan fingerprint density at radius 2 is 1.70 bits per heavy atom. The van der Waals surface area contributed by atoms with Gasteiger partial charge in [-0.15, -0.1) is 0 Å². The van der Waals surface area contributed by atoms with E-state index >= 15 is 0 Å². The summed E-state index contributed by atoms with van der Waals surface area (Å²) in [5.74, 6) is 0.438. The van der Waals surface area contributed by atoms with E-state index in [2.05, 4.69) is 0 Å². The maximum absolute atomic E-state index is 10.4. The summed E-state index contributed by atoms with van der Waals surface area (Å²) in [5.41, 5.74) is 0. The minimum atomic E-state index is -3.78. The van der Waals surface area contributed by atoms with Crippen molar-refractivity contribution in [2.24, 2.45) is 11.8 Å². The highest BCUT2D eigenvalue weighted by atomic mass is 31.2. The third kappa shape index (κ3) is 4.98. The van der Waals surface area contributed by atoms with Crippen molar-refractivity contribution in [1.82, 2.24) is 0 Å². The monoisotopic (exact) mass is 166 g/mol. The molecule has 0 spiro atoms. The van der Waals surface area contributed by atoms with Crippen molar-refractivity contribution in [1.29, 1.82) is 0 Å². The predicted molar refractivity (Wildman–Crippen MR) is 40.9 cm³/mol. The Morgan fingerprint density at radius 3 is 1.80 bits per heavy atom. The number of hydrogen-bond acceptors (Lipinski definition) is 1. The maximum atomic E-state index is 10.4. The van der Waals surface area contributed by atoms with Gasteiger partial charge in [-0.3, -0.25) is 4.57 Å². The molecule has 0 fully saturated rings. The molecule has 0 saturated carbocycles. The second kappa shape index (κ2) is 3.51. The van der Waals surface area contributed by atoms with E-state index in [0.717, 1.165) is 0 Å². The van der Waals surface area contributed by atoms with Crippen molar-refractivity contribution in [3.8, 4) is 0 Å². The first-order chi connectivity index (χ1) is 4.33. The van der Waals surface area contributed by atoms with Gasteiger partial charge in [-0.2, -0.15) is 0 Å². The van der Waals surface area contributed by atoms with Crippen LogP contribution in [0.3, 0.4) is 0 Å². The molecule has 0 aromatic carbocycles. The van der Waals surface area contributed by atoms with Crippen LogP contribution in [0, 0.1) is 11.8 Å². The molecule has 0 amide bonds. The second-order valence-corrected chi connectivity index (χ2v) is 4.76. The van der Waals surface area contributed by atoms with E-state index in [1.165, 1.54) is 0 Å². The highest BCUT2D eigenvalue weighted by Crippen LogP contribution is 2.38. The van der Waals surface area contributed by atoms with Gasteiger partial charge in [0.25, 0.3) is 0 Å². The molecule has 2 N–H and O–H groups in total. The van der Waals surface area contributed by atoms with E-state index in [4.69, 9.17) is 9.79 Å². The molecule has 4 heteroatoms. The van der Waals surface area contributed by atoms with Gasteiger partial charge in [0.1, 0.15) is 0 Å². The van der Waals surface area contributed by atoms with Crippen molar-refractivity contribution in [3.63, 3.8) is 0 Å². The summed E-state index contributed by atoms with van der Waals surface area (Å²) in [5, 5.41) is 0. The molecular formula is C6H15O3P. The van der Waals surface area contributed by atoms with Crippen LogP contribution in [-0.4, -0.2) is 15.9 Å². The van der Waals surface area contributed by atoms with E-state index in [-0.39, 0.29) is 12.1 Å². The molecule has 62 valence electrons. The second-order valence-electron chi connectivity index (χ2n) is 3.07. The van der Waals surface area contributed by atoms with Gasteiger partial charge in [0.05, 0.1) is 6.16 Å². The van der Waals surface area contributed by atoms with Crippen LogP contribution < -0.4 is 0 Å². The molecule has 1 unspecified atom stereocenters. The minimum absolute atomic E-state index is 0.00463. The van der Waals surface area contributed by atoms with Gasteiger partial charge in [0, 0.05) is 0 Å². The van der Waals surface area contributed by atoms with Gasteiger partial charge in [-0.25, -0.2) is 0 Å². The SMILES string of the molecule is CC(C)C(C)CP(=O)(O)O. The van der Waals surface area contributed by atoms with Gasteiger partial charge in [0.2, 0.25) is 0 Å². The fraction of sp³-hybridized carbons (Fsp3) is 1.00. The lowest BCUT2D eigenvalue weighted by molar-refractivity contribution is 0.348. The van der Waals surface area contributed by atoms with E-state index in [9.17, 15) is 4.57 Å². The Labute approximate surface area is 61.6 Å². The zero-order valence-corrected chi connectivity index (χ0v) is 7.51. The first kappa shape index (κ1) is 10.2.